The molecule has 0 aromatic heterocycles. The van der Waals surface area contributed by atoms with Crippen molar-refractivity contribution in [3.05, 3.63) is 29.8 Å². The Morgan fingerprint density at radius 3 is 2.48 bits per heavy atom. The molecule has 0 radical (unpaired) electrons. The molecule has 2 aliphatic rings. The Kier molecular flexibility index (Phi) is 8.97. The first-order valence-corrected chi connectivity index (χ1v) is 11.0. The van der Waals surface area contributed by atoms with Crippen molar-refractivity contribution in [2.75, 3.05) is 18.1 Å². The van der Waals surface area contributed by atoms with E-state index in [4.69, 9.17) is 4.99 Å². The van der Waals surface area contributed by atoms with Gasteiger partial charge in [0.05, 0.1) is 6.04 Å². The van der Waals surface area contributed by atoms with Crippen LogP contribution in [-0.4, -0.2) is 40.9 Å². The van der Waals surface area contributed by atoms with Crippen LogP contribution in [0, 0.1) is 0 Å². The van der Waals surface area contributed by atoms with Gasteiger partial charge in [-0.15, -0.1) is 12.4 Å². The summed E-state index contributed by atoms with van der Waals surface area (Å²) in [6.07, 6.45) is 9.29. The standard InChI is InChI=1S/C21H31N3OS.ClH/c1-3-16-10-12-18(13-11-16)22-20(25)14-19-15-26-21(24(19)2)23-17-8-6-4-5-7-9-17;/h10-13,17,19H,3-9,14-15H2,1-2H3,(H,22,25);1H/b23-21-;. The minimum atomic E-state index is 0. The van der Waals surface area contributed by atoms with E-state index in [-0.39, 0.29) is 24.4 Å². The summed E-state index contributed by atoms with van der Waals surface area (Å²) < 4.78 is 0. The molecule has 1 heterocycles. The van der Waals surface area contributed by atoms with Crippen molar-refractivity contribution in [3.63, 3.8) is 0 Å². The highest BCUT2D eigenvalue weighted by Gasteiger charge is 2.29. The van der Waals surface area contributed by atoms with Gasteiger partial charge in [-0.3, -0.25) is 9.79 Å². The van der Waals surface area contributed by atoms with Crippen LogP contribution in [0.4, 0.5) is 5.69 Å². The zero-order valence-electron chi connectivity index (χ0n) is 16.4. The number of hydrogen-bond acceptors (Lipinski definition) is 3. The van der Waals surface area contributed by atoms with Crippen LogP contribution in [0.1, 0.15) is 57.4 Å². The second-order valence-electron chi connectivity index (χ2n) is 7.44. The third kappa shape index (κ3) is 6.42. The van der Waals surface area contributed by atoms with Gasteiger partial charge in [-0.25, -0.2) is 0 Å². The van der Waals surface area contributed by atoms with Crippen LogP contribution in [0.25, 0.3) is 0 Å². The maximum Gasteiger partial charge on any atom is 0.226 e. The quantitative estimate of drug-likeness (QED) is 0.686. The van der Waals surface area contributed by atoms with Crippen molar-refractivity contribution < 1.29 is 4.79 Å². The van der Waals surface area contributed by atoms with Crippen molar-refractivity contribution in [1.29, 1.82) is 0 Å². The molecule has 1 saturated carbocycles. The maximum atomic E-state index is 12.4. The largest absolute Gasteiger partial charge is 0.350 e. The van der Waals surface area contributed by atoms with E-state index >= 15 is 0 Å². The first kappa shape index (κ1) is 22.1. The molecule has 1 saturated heterocycles. The van der Waals surface area contributed by atoms with Crippen molar-refractivity contribution in [1.82, 2.24) is 4.90 Å². The van der Waals surface area contributed by atoms with Crippen LogP contribution in [0.15, 0.2) is 29.3 Å². The van der Waals surface area contributed by atoms with Gasteiger partial charge in [-0.2, -0.15) is 0 Å². The Morgan fingerprint density at radius 2 is 1.85 bits per heavy atom. The summed E-state index contributed by atoms with van der Waals surface area (Å²) >= 11 is 1.81. The molecular formula is C21H32ClN3OS. The van der Waals surface area contributed by atoms with Crippen LogP contribution in [0.3, 0.4) is 0 Å². The molecular weight excluding hydrogens is 378 g/mol. The number of aliphatic imine (C=N–C) groups is 1. The molecule has 1 N–H and O–H groups in total. The molecule has 0 spiro atoms. The topological polar surface area (TPSA) is 44.7 Å². The lowest BCUT2D eigenvalue weighted by Crippen LogP contribution is -2.34. The molecule has 1 aromatic carbocycles. The Bertz CT molecular complexity index is 627. The fourth-order valence-electron chi connectivity index (χ4n) is 3.66. The Hall–Kier alpha value is -1.20. The van der Waals surface area contributed by atoms with Gasteiger partial charge in [-0.05, 0) is 37.0 Å². The number of nitrogens with zero attached hydrogens (tertiary/aromatic N) is 2. The number of carbonyl (C=O) groups is 1. The molecule has 1 aliphatic carbocycles. The fraction of sp³-hybridized carbons (Fsp3) is 0.619. The molecule has 4 nitrogen and oxygen atoms in total. The van der Waals surface area contributed by atoms with Gasteiger partial charge in [0.2, 0.25) is 5.91 Å². The van der Waals surface area contributed by atoms with Gasteiger partial charge in [-0.1, -0.05) is 56.5 Å². The van der Waals surface area contributed by atoms with E-state index in [9.17, 15) is 4.79 Å². The second kappa shape index (κ2) is 11.0. The minimum Gasteiger partial charge on any atom is -0.350 e. The molecule has 1 aliphatic heterocycles. The summed E-state index contributed by atoms with van der Waals surface area (Å²) in [5, 5.41) is 4.16. The molecule has 150 valence electrons. The van der Waals surface area contributed by atoms with Gasteiger partial charge in [0.15, 0.2) is 5.17 Å². The summed E-state index contributed by atoms with van der Waals surface area (Å²) in [5.74, 6) is 1.03. The van der Waals surface area contributed by atoms with Gasteiger partial charge in [0.1, 0.15) is 0 Å². The predicted octanol–water partition coefficient (Wildman–Crippen LogP) is 5.13. The normalized spacial score (nSPS) is 22.4. The fourth-order valence-corrected chi connectivity index (χ4v) is 4.92. The molecule has 6 heteroatoms. The van der Waals surface area contributed by atoms with Crippen molar-refractivity contribution in [2.24, 2.45) is 4.99 Å². The lowest BCUT2D eigenvalue weighted by molar-refractivity contribution is -0.116. The lowest BCUT2D eigenvalue weighted by atomic mass is 10.1. The predicted molar refractivity (Wildman–Crippen MR) is 119 cm³/mol. The van der Waals surface area contributed by atoms with E-state index < -0.39 is 0 Å². The van der Waals surface area contributed by atoms with E-state index in [2.05, 4.69) is 36.3 Å². The molecule has 3 rings (SSSR count). The zero-order valence-corrected chi connectivity index (χ0v) is 18.1. The number of amidine groups is 1. The summed E-state index contributed by atoms with van der Waals surface area (Å²) in [6, 6.07) is 8.84. The van der Waals surface area contributed by atoms with Gasteiger partial charge >= 0.3 is 0 Å². The summed E-state index contributed by atoms with van der Waals surface area (Å²) in [5.41, 5.74) is 2.17. The van der Waals surface area contributed by atoms with Crippen LogP contribution in [0.5, 0.6) is 0 Å². The average Bonchev–Trinajstić information content (AvgIpc) is 2.85. The summed E-state index contributed by atoms with van der Waals surface area (Å²) in [6.45, 7) is 2.13. The monoisotopic (exact) mass is 409 g/mol. The number of hydrogen-bond donors (Lipinski definition) is 1. The highest BCUT2D eigenvalue weighted by molar-refractivity contribution is 8.14. The third-order valence-corrected chi connectivity index (χ3v) is 6.64. The number of carbonyl (C=O) groups excluding carboxylic acids is 1. The van der Waals surface area contributed by atoms with Gasteiger partial charge < -0.3 is 10.2 Å². The highest BCUT2D eigenvalue weighted by atomic mass is 35.5. The molecule has 1 aromatic rings. The third-order valence-electron chi connectivity index (χ3n) is 5.44. The number of rotatable bonds is 5. The van der Waals surface area contributed by atoms with Crippen LogP contribution in [-0.2, 0) is 11.2 Å². The first-order valence-electron chi connectivity index (χ1n) is 9.98. The van der Waals surface area contributed by atoms with Crippen LogP contribution in [0.2, 0.25) is 0 Å². The zero-order chi connectivity index (χ0) is 18.4. The number of halogens is 1. The number of aryl methyl sites for hydroxylation is 1. The Morgan fingerprint density at radius 1 is 1.19 bits per heavy atom. The SMILES string of the molecule is CCc1ccc(NC(=O)CC2CS/C(=N\C3CCCCCC3)N2C)cc1.Cl. The van der Waals surface area contributed by atoms with Gasteiger partial charge in [0, 0.05) is 31.0 Å². The number of benzene rings is 1. The smallest absolute Gasteiger partial charge is 0.226 e. The van der Waals surface area contributed by atoms with Crippen molar-refractivity contribution in [3.8, 4) is 0 Å². The molecule has 1 unspecified atom stereocenters. The number of anilines is 1. The number of nitrogens with one attached hydrogen (secondary N) is 1. The molecule has 27 heavy (non-hydrogen) atoms. The van der Waals surface area contributed by atoms with E-state index in [1.807, 2.05) is 23.9 Å². The molecule has 2 fully saturated rings. The Balaban J connectivity index is 0.00000261. The van der Waals surface area contributed by atoms with E-state index in [0.717, 1.165) is 23.0 Å². The highest BCUT2D eigenvalue weighted by Crippen LogP contribution is 2.28. The first-order chi connectivity index (χ1) is 12.7. The van der Waals surface area contributed by atoms with Crippen LogP contribution < -0.4 is 5.32 Å². The number of amides is 1. The number of thioether (sulfide) groups is 1. The minimum absolute atomic E-state index is 0. The molecule has 0 bridgehead atoms. The average molecular weight is 410 g/mol. The lowest BCUT2D eigenvalue weighted by Gasteiger charge is -2.21. The maximum absolute atomic E-state index is 12.4. The molecule has 1 atom stereocenters. The summed E-state index contributed by atoms with van der Waals surface area (Å²) in [7, 11) is 2.09. The van der Waals surface area contributed by atoms with E-state index in [1.165, 1.54) is 44.1 Å². The summed E-state index contributed by atoms with van der Waals surface area (Å²) in [4.78, 5) is 19.7. The van der Waals surface area contributed by atoms with Crippen molar-refractivity contribution >= 4 is 40.9 Å². The Labute approximate surface area is 174 Å². The second-order valence-corrected chi connectivity index (χ2v) is 8.42. The molecule has 1 amide bonds. The van der Waals surface area contributed by atoms with Crippen LogP contribution >= 0.6 is 24.2 Å². The van der Waals surface area contributed by atoms with E-state index in [1.54, 1.807) is 0 Å². The van der Waals surface area contributed by atoms with E-state index in [0.29, 0.717) is 12.5 Å². The van der Waals surface area contributed by atoms with Crippen molar-refractivity contribution in [2.45, 2.75) is 70.4 Å². The van der Waals surface area contributed by atoms with Gasteiger partial charge in [0.25, 0.3) is 0 Å².